The molecule has 5 aromatic rings. The lowest BCUT2D eigenvalue weighted by Crippen LogP contribution is -2.38. The first-order chi connectivity index (χ1) is 18.7. The summed E-state index contributed by atoms with van der Waals surface area (Å²) in [6.45, 7) is 2.54. The monoisotopic (exact) mass is 589 g/mol. The Bertz CT molecular complexity index is 1630. The van der Waals surface area contributed by atoms with Gasteiger partial charge in [-0.15, -0.1) is 0 Å². The van der Waals surface area contributed by atoms with Crippen molar-refractivity contribution in [1.29, 1.82) is 0 Å². The first kappa shape index (κ1) is 27.1. The maximum Gasteiger partial charge on any atom is 0.217 e. The number of hydrogen-bond donors (Lipinski definition) is 1. The zero-order chi connectivity index (χ0) is 27.7. The summed E-state index contributed by atoms with van der Waals surface area (Å²) < 4.78 is 18.4. The predicted molar refractivity (Wildman–Crippen MR) is 157 cm³/mol. The number of benzene rings is 2. The van der Waals surface area contributed by atoms with Crippen molar-refractivity contribution in [3.05, 3.63) is 93.8 Å². The van der Waals surface area contributed by atoms with Gasteiger partial charge in [-0.3, -0.25) is 0 Å². The first-order valence-corrected chi connectivity index (χ1v) is 13.5. The van der Waals surface area contributed by atoms with Crippen LogP contribution in [0.25, 0.3) is 21.9 Å². The van der Waals surface area contributed by atoms with Crippen LogP contribution in [0.1, 0.15) is 34.7 Å². The second kappa shape index (κ2) is 11.0. The van der Waals surface area contributed by atoms with Crippen LogP contribution in [0.2, 0.25) is 0 Å². The molecule has 8 heteroatoms. The highest BCUT2D eigenvalue weighted by molar-refractivity contribution is 9.10. The molecule has 2 atom stereocenters. The summed E-state index contributed by atoms with van der Waals surface area (Å²) in [6.07, 6.45) is 2.07. The van der Waals surface area contributed by atoms with Crippen LogP contribution in [0.3, 0.4) is 0 Å². The third kappa shape index (κ3) is 5.24. The summed E-state index contributed by atoms with van der Waals surface area (Å²) in [4.78, 5) is 11.5. The van der Waals surface area contributed by atoms with E-state index in [1.165, 1.54) is 0 Å². The third-order valence-corrected chi connectivity index (χ3v) is 7.62. The number of hydrogen-bond acceptors (Lipinski definition) is 7. The van der Waals surface area contributed by atoms with Crippen LogP contribution in [0, 0.1) is 6.92 Å². The molecule has 7 nitrogen and oxygen atoms in total. The topological polar surface area (TPSA) is 80.9 Å². The largest absolute Gasteiger partial charge is 0.481 e. The number of pyridine rings is 2. The summed E-state index contributed by atoms with van der Waals surface area (Å²) in [5, 5.41) is 14.9. The van der Waals surface area contributed by atoms with Gasteiger partial charge in [-0.05, 0) is 69.4 Å². The lowest BCUT2D eigenvalue weighted by atomic mass is 9.71. The molecule has 1 N–H and O–H groups in total. The zero-order valence-electron chi connectivity index (χ0n) is 22.7. The number of ether oxygens (including phenoxy) is 2. The minimum atomic E-state index is -1.42. The molecule has 0 aliphatic heterocycles. The van der Waals surface area contributed by atoms with Crippen LogP contribution in [0.15, 0.2) is 75.8 Å². The van der Waals surface area contributed by atoms with E-state index in [0.717, 1.165) is 37.6 Å². The Kier molecular flexibility index (Phi) is 7.62. The number of aromatic nitrogens is 2. The van der Waals surface area contributed by atoms with Gasteiger partial charge in [0.15, 0.2) is 0 Å². The number of halogens is 1. The summed E-state index contributed by atoms with van der Waals surface area (Å²) in [6, 6.07) is 19.6. The molecule has 0 saturated heterocycles. The highest BCUT2D eigenvalue weighted by Crippen LogP contribution is 2.49. The van der Waals surface area contributed by atoms with Crippen LogP contribution < -0.4 is 9.47 Å². The van der Waals surface area contributed by atoms with Gasteiger partial charge in [-0.25, -0.2) is 9.97 Å². The van der Waals surface area contributed by atoms with Gasteiger partial charge in [0.1, 0.15) is 11.2 Å². The number of methoxy groups -OCH3 is 2. The fourth-order valence-corrected chi connectivity index (χ4v) is 5.71. The molecule has 0 fully saturated rings. The predicted octanol–water partition coefficient (Wildman–Crippen LogP) is 6.44. The van der Waals surface area contributed by atoms with Crippen molar-refractivity contribution in [2.24, 2.45) is 0 Å². The molecule has 39 heavy (non-hydrogen) atoms. The van der Waals surface area contributed by atoms with E-state index in [4.69, 9.17) is 18.9 Å². The van der Waals surface area contributed by atoms with Crippen molar-refractivity contribution in [2.75, 3.05) is 34.9 Å². The highest BCUT2D eigenvalue weighted by atomic mass is 79.9. The van der Waals surface area contributed by atoms with E-state index < -0.39 is 11.5 Å². The highest BCUT2D eigenvalue weighted by Gasteiger charge is 2.44. The summed E-state index contributed by atoms with van der Waals surface area (Å²) in [5.41, 5.74) is 3.08. The Morgan fingerprint density at radius 2 is 1.82 bits per heavy atom. The van der Waals surface area contributed by atoms with Crippen LogP contribution >= 0.6 is 15.9 Å². The van der Waals surface area contributed by atoms with Crippen molar-refractivity contribution in [3.8, 4) is 11.8 Å². The van der Waals surface area contributed by atoms with Gasteiger partial charge in [0.05, 0.1) is 26.0 Å². The summed E-state index contributed by atoms with van der Waals surface area (Å²) in [5.74, 6) is 0.310. The van der Waals surface area contributed by atoms with Gasteiger partial charge in [0, 0.05) is 50.6 Å². The van der Waals surface area contributed by atoms with Gasteiger partial charge in [0.25, 0.3) is 0 Å². The fourth-order valence-electron chi connectivity index (χ4n) is 5.33. The first-order valence-electron chi connectivity index (χ1n) is 12.7. The molecule has 3 heterocycles. The Morgan fingerprint density at radius 1 is 1.00 bits per heavy atom. The Labute approximate surface area is 236 Å². The van der Waals surface area contributed by atoms with Gasteiger partial charge >= 0.3 is 0 Å². The number of aryl methyl sites for hydroxylation is 1. The summed E-state index contributed by atoms with van der Waals surface area (Å²) in [7, 11) is 7.20. The van der Waals surface area contributed by atoms with Crippen LogP contribution in [-0.2, 0) is 5.60 Å². The Hall–Kier alpha value is -3.46. The van der Waals surface area contributed by atoms with Crippen molar-refractivity contribution in [1.82, 2.24) is 14.9 Å². The molecule has 0 aliphatic rings. The molecule has 0 aliphatic carbocycles. The zero-order valence-corrected chi connectivity index (χ0v) is 24.3. The number of para-hydroxylation sites is 1. The van der Waals surface area contributed by atoms with Gasteiger partial charge < -0.3 is 23.9 Å². The molecule has 202 valence electrons. The second-order valence-electron chi connectivity index (χ2n) is 10.1. The van der Waals surface area contributed by atoms with Crippen LogP contribution in [0.4, 0.5) is 0 Å². The van der Waals surface area contributed by atoms with Crippen molar-refractivity contribution in [2.45, 2.75) is 24.9 Å². The van der Waals surface area contributed by atoms with E-state index in [2.05, 4.69) is 31.9 Å². The lowest BCUT2D eigenvalue weighted by Gasteiger charge is -2.39. The average molecular weight is 591 g/mol. The van der Waals surface area contributed by atoms with E-state index in [9.17, 15) is 5.11 Å². The molecule has 2 unspecified atom stereocenters. The Balaban J connectivity index is 1.87. The molecule has 2 aromatic carbocycles. The van der Waals surface area contributed by atoms with Crippen molar-refractivity contribution in [3.63, 3.8) is 0 Å². The maximum absolute atomic E-state index is 13.1. The second-order valence-corrected chi connectivity index (χ2v) is 11.0. The lowest BCUT2D eigenvalue weighted by molar-refractivity contribution is 0.00434. The number of aliphatic hydroxyl groups is 1. The normalized spacial score (nSPS) is 14.1. The minimum Gasteiger partial charge on any atom is -0.481 e. The molecular formula is C31H32BrN3O4. The molecule has 0 saturated carbocycles. The molecule has 3 aromatic heterocycles. The number of fused-ring (bicyclic) bond motifs is 2. The molecule has 0 amide bonds. The van der Waals surface area contributed by atoms with Gasteiger partial charge in [0.2, 0.25) is 11.8 Å². The quantitative estimate of drug-likeness (QED) is 0.212. The third-order valence-electron chi connectivity index (χ3n) is 7.13. The minimum absolute atomic E-state index is 0.411. The molecule has 0 bridgehead atoms. The maximum atomic E-state index is 13.1. The molecule has 0 radical (unpaired) electrons. The number of rotatable bonds is 9. The molecular weight excluding hydrogens is 558 g/mol. The van der Waals surface area contributed by atoms with E-state index in [0.29, 0.717) is 35.9 Å². The summed E-state index contributed by atoms with van der Waals surface area (Å²) >= 11 is 3.59. The smallest absolute Gasteiger partial charge is 0.217 e. The van der Waals surface area contributed by atoms with E-state index in [-0.39, 0.29) is 0 Å². The van der Waals surface area contributed by atoms with Crippen LogP contribution in [-0.4, -0.2) is 54.8 Å². The Morgan fingerprint density at radius 3 is 2.56 bits per heavy atom. The number of nitrogens with zero attached hydrogens (tertiary/aromatic N) is 3. The van der Waals surface area contributed by atoms with Gasteiger partial charge in [-0.1, -0.05) is 34.1 Å². The average Bonchev–Trinajstić information content (AvgIpc) is 3.40. The van der Waals surface area contributed by atoms with Crippen molar-refractivity contribution >= 4 is 37.8 Å². The van der Waals surface area contributed by atoms with Crippen LogP contribution in [0.5, 0.6) is 11.8 Å². The SMILES string of the molecule is COc1cc(C(c2cc3cc(Br)ccc3nc2OC)C(O)(CCN(C)C)c2cccc3ccoc23)cc(C)n1. The standard InChI is InChI=1S/C31H32BrN3O4/c1-19-15-22(18-27(33-19)37-4)28(24-17-21-16-23(32)9-10-26(21)34-30(24)38-5)31(36,12-13-35(2)3)25-8-6-7-20-11-14-39-29(20)25/h6-11,14-18,28,36H,12-13H2,1-5H3. The fraction of sp³-hybridized carbons (Fsp3) is 0.290. The van der Waals surface area contributed by atoms with E-state index in [1.54, 1.807) is 20.5 Å². The van der Waals surface area contributed by atoms with E-state index in [1.807, 2.05) is 75.6 Å². The van der Waals surface area contributed by atoms with E-state index >= 15 is 0 Å². The van der Waals surface area contributed by atoms with Crippen molar-refractivity contribution < 1.29 is 19.0 Å². The molecule has 0 spiro atoms. The number of furan rings is 1. The molecule has 5 rings (SSSR count). The van der Waals surface area contributed by atoms with Gasteiger partial charge in [-0.2, -0.15) is 0 Å².